The topological polar surface area (TPSA) is 95.8 Å². The number of nitrogens with zero attached hydrogens (tertiary/aromatic N) is 3. The number of hydrogen-bond donors (Lipinski definition) is 1. The summed E-state index contributed by atoms with van der Waals surface area (Å²) in [5.41, 5.74) is 1.38. The normalized spacial score (nSPS) is 19.9. The number of carbonyl (C=O) groups is 3. The molecular weight excluding hydrogens is 384 g/mol. The number of hydrogen-bond acceptors (Lipinski definition) is 5. The van der Waals surface area contributed by atoms with Crippen molar-refractivity contribution in [2.24, 2.45) is 5.92 Å². The highest BCUT2D eigenvalue weighted by molar-refractivity contribution is 5.92. The molecule has 3 amide bonds. The maximum atomic E-state index is 12.7. The van der Waals surface area contributed by atoms with Crippen LogP contribution in [0.5, 0.6) is 0 Å². The van der Waals surface area contributed by atoms with Crippen LogP contribution in [0.2, 0.25) is 0 Å². The standard InChI is InChI=1S/C22H26N4O4/c1-15-11-19(24-30-15)22(29)25-9-7-18(8-10-25)23-21(28)17-12-20(27)26(14-17)13-16-5-3-2-4-6-16/h2-6,11,17-18H,7-10,12-14H2,1H3,(H,23,28). The van der Waals surface area contributed by atoms with E-state index in [0.717, 1.165) is 5.56 Å². The number of piperidine rings is 1. The molecule has 2 aliphatic rings. The fraction of sp³-hybridized carbons (Fsp3) is 0.455. The second-order valence-electron chi connectivity index (χ2n) is 8.06. The summed E-state index contributed by atoms with van der Waals surface area (Å²) in [6.45, 7) is 3.84. The summed E-state index contributed by atoms with van der Waals surface area (Å²) < 4.78 is 4.98. The van der Waals surface area contributed by atoms with E-state index in [1.807, 2.05) is 30.3 Å². The lowest BCUT2D eigenvalue weighted by Gasteiger charge is -2.32. The van der Waals surface area contributed by atoms with E-state index in [0.29, 0.717) is 50.5 Å². The van der Waals surface area contributed by atoms with Gasteiger partial charge in [-0.1, -0.05) is 35.5 Å². The molecule has 0 aliphatic carbocycles. The van der Waals surface area contributed by atoms with Gasteiger partial charge in [0.2, 0.25) is 11.8 Å². The lowest BCUT2D eigenvalue weighted by atomic mass is 10.0. The molecule has 1 N–H and O–H groups in total. The van der Waals surface area contributed by atoms with E-state index < -0.39 is 0 Å². The van der Waals surface area contributed by atoms with Crippen LogP contribution in [0.3, 0.4) is 0 Å². The van der Waals surface area contributed by atoms with Gasteiger partial charge in [-0.15, -0.1) is 0 Å². The highest BCUT2D eigenvalue weighted by Gasteiger charge is 2.35. The first-order valence-electron chi connectivity index (χ1n) is 10.3. The summed E-state index contributed by atoms with van der Waals surface area (Å²) in [4.78, 5) is 41.0. The Kier molecular flexibility index (Phi) is 5.83. The van der Waals surface area contributed by atoms with E-state index >= 15 is 0 Å². The van der Waals surface area contributed by atoms with Crippen molar-refractivity contribution in [2.45, 2.75) is 38.8 Å². The summed E-state index contributed by atoms with van der Waals surface area (Å²) in [5.74, 6) is 0.0830. The fourth-order valence-corrected chi connectivity index (χ4v) is 4.08. The highest BCUT2D eigenvalue weighted by atomic mass is 16.5. The maximum absolute atomic E-state index is 12.7. The molecular formula is C22H26N4O4. The second kappa shape index (κ2) is 8.69. The van der Waals surface area contributed by atoms with Crippen molar-refractivity contribution < 1.29 is 18.9 Å². The Morgan fingerprint density at radius 2 is 1.93 bits per heavy atom. The van der Waals surface area contributed by atoms with Crippen LogP contribution in [0, 0.1) is 12.8 Å². The molecule has 158 valence electrons. The van der Waals surface area contributed by atoms with Crippen LogP contribution in [0.15, 0.2) is 40.9 Å². The van der Waals surface area contributed by atoms with Crippen molar-refractivity contribution in [2.75, 3.05) is 19.6 Å². The van der Waals surface area contributed by atoms with Crippen molar-refractivity contribution in [3.05, 3.63) is 53.4 Å². The lowest BCUT2D eigenvalue weighted by molar-refractivity contribution is -0.129. The predicted molar refractivity (Wildman–Crippen MR) is 108 cm³/mol. The average Bonchev–Trinajstić information content (AvgIpc) is 3.35. The van der Waals surface area contributed by atoms with Crippen molar-refractivity contribution in [3.63, 3.8) is 0 Å². The van der Waals surface area contributed by atoms with Crippen molar-refractivity contribution in [3.8, 4) is 0 Å². The van der Waals surface area contributed by atoms with Crippen LogP contribution >= 0.6 is 0 Å². The molecule has 30 heavy (non-hydrogen) atoms. The Balaban J connectivity index is 1.25. The molecule has 2 aromatic rings. The average molecular weight is 410 g/mol. The Labute approximate surface area is 175 Å². The van der Waals surface area contributed by atoms with Gasteiger partial charge in [0, 0.05) is 44.7 Å². The second-order valence-corrected chi connectivity index (χ2v) is 8.06. The lowest BCUT2D eigenvalue weighted by Crippen LogP contribution is -2.48. The highest BCUT2D eigenvalue weighted by Crippen LogP contribution is 2.22. The molecule has 4 rings (SSSR count). The summed E-state index contributed by atoms with van der Waals surface area (Å²) in [6, 6.07) is 11.4. The van der Waals surface area contributed by atoms with Gasteiger partial charge < -0.3 is 19.6 Å². The molecule has 1 unspecified atom stereocenters. The Morgan fingerprint density at radius 3 is 2.60 bits per heavy atom. The first-order valence-corrected chi connectivity index (χ1v) is 10.3. The number of aromatic nitrogens is 1. The molecule has 1 aromatic carbocycles. The van der Waals surface area contributed by atoms with Gasteiger partial charge in [0.1, 0.15) is 5.76 Å². The van der Waals surface area contributed by atoms with Gasteiger partial charge >= 0.3 is 0 Å². The maximum Gasteiger partial charge on any atom is 0.276 e. The summed E-state index contributed by atoms with van der Waals surface area (Å²) in [5, 5.41) is 6.86. The van der Waals surface area contributed by atoms with E-state index in [9.17, 15) is 14.4 Å². The van der Waals surface area contributed by atoms with Gasteiger partial charge in [-0.25, -0.2) is 0 Å². The van der Waals surface area contributed by atoms with E-state index in [2.05, 4.69) is 10.5 Å². The summed E-state index contributed by atoms with van der Waals surface area (Å²) >= 11 is 0. The molecule has 3 heterocycles. The molecule has 2 saturated heterocycles. The van der Waals surface area contributed by atoms with Gasteiger partial charge in [-0.2, -0.15) is 0 Å². The third kappa shape index (κ3) is 4.53. The third-order valence-electron chi connectivity index (χ3n) is 5.78. The van der Waals surface area contributed by atoms with Crippen LogP contribution < -0.4 is 5.32 Å². The minimum absolute atomic E-state index is 0.0128. The fourth-order valence-electron chi connectivity index (χ4n) is 4.08. The minimum Gasteiger partial charge on any atom is -0.361 e. The molecule has 0 saturated carbocycles. The van der Waals surface area contributed by atoms with E-state index in [1.54, 1.807) is 22.8 Å². The van der Waals surface area contributed by atoms with E-state index in [1.165, 1.54) is 0 Å². The van der Waals surface area contributed by atoms with Crippen LogP contribution in [-0.4, -0.2) is 58.4 Å². The zero-order valence-corrected chi connectivity index (χ0v) is 17.0. The van der Waals surface area contributed by atoms with Crippen LogP contribution in [-0.2, 0) is 16.1 Å². The van der Waals surface area contributed by atoms with Gasteiger partial charge in [-0.05, 0) is 25.3 Å². The van der Waals surface area contributed by atoms with Crippen LogP contribution in [0.25, 0.3) is 0 Å². The number of aryl methyl sites for hydroxylation is 1. The molecule has 0 radical (unpaired) electrons. The predicted octanol–water partition coefficient (Wildman–Crippen LogP) is 1.75. The molecule has 2 aliphatic heterocycles. The molecule has 2 fully saturated rings. The first kappa shape index (κ1) is 20.1. The minimum atomic E-state index is -0.320. The van der Waals surface area contributed by atoms with Crippen molar-refractivity contribution in [1.82, 2.24) is 20.3 Å². The molecule has 0 bridgehead atoms. The first-order chi connectivity index (χ1) is 14.5. The zero-order valence-electron chi connectivity index (χ0n) is 17.0. The van der Waals surface area contributed by atoms with Gasteiger partial charge in [0.05, 0.1) is 5.92 Å². The number of amides is 3. The Morgan fingerprint density at radius 1 is 1.20 bits per heavy atom. The Hall–Kier alpha value is -3.16. The van der Waals surface area contributed by atoms with Crippen LogP contribution in [0.4, 0.5) is 0 Å². The summed E-state index contributed by atoms with van der Waals surface area (Å²) in [6.07, 6.45) is 1.62. The molecule has 1 atom stereocenters. The monoisotopic (exact) mass is 410 g/mol. The largest absolute Gasteiger partial charge is 0.361 e. The van der Waals surface area contributed by atoms with Crippen molar-refractivity contribution >= 4 is 17.7 Å². The molecule has 1 aromatic heterocycles. The van der Waals surface area contributed by atoms with Crippen LogP contribution in [0.1, 0.15) is 41.1 Å². The molecule has 8 nitrogen and oxygen atoms in total. The van der Waals surface area contributed by atoms with Gasteiger partial charge in [0.25, 0.3) is 5.91 Å². The number of rotatable bonds is 5. The zero-order chi connectivity index (χ0) is 21.1. The Bertz CT molecular complexity index is 918. The third-order valence-corrected chi connectivity index (χ3v) is 5.78. The number of likely N-dealkylation sites (tertiary alicyclic amines) is 2. The van der Waals surface area contributed by atoms with E-state index in [4.69, 9.17) is 4.52 Å². The molecule has 8 heteroatoms. The smallest absolute Gasteiger partial charge is 0.276 e. The SMILES string of the molecule is Cc1cc(C(=O)N2CCC(NC(=O)C3CC(=O)N(Cc4ccccc4)C3)CC2)no1. The number of nitrogens with one attached hydrogen (secondary N) is 1. The van der Waals surface area contributed by atoms with Gasteiger partial charge in [-0.3, -0.25) is 14.4 Å². The van der Waals surface area contributed by atoms with Gasteiger partial charge in [0.15, 0.2) is 5.69 Å². The number of benzene rings is 1. The quantitative estimate of drug-likeness (QED) is 0.810. The number of carbonyl (C=O) groups excluding carboxylic acids is 3. The summed E-state index contributed by atoms with van der Waals surface area (Å²) in [7, 11) is 0. The molecule has 0 spiro atoms. The van der Waals surface area contributed by atoms with E-state index in [-0.39, 0.29) is 36.1 Å². The van der Waals surface area contributed by atoms with Crippen molar-refractivity contribution in [1.29, 1.82) is 0 Å².